The molecule has 0 spiro atoms. The molecule has 0 atom stereocenters. The van der Waals surface area contributed by atoms with Crippen LogP contribution in [0.15, 0.2) is 54.9 Å². The predicted octanol–water partition coefficient (Wildman–Crippen LogP) is 3.45. The summed E-state index contributed by atoms with van der Waals surface area (Å²) in [5.74, 6) is 1.57. The summed E-state index contributed by atoms with van der Waals surface area (Å²) in [7, 11) is 0. The third-order valence-corrected chi connectivity index (χ3v) is 6.49. The molecule has 2 N–H and O–H groups in total. The van der Waals surface area contributed by atoms with Gasteiger partial charge in [0.05, 0.1) is 48.1 Å². The van der Waals surface area contributed by atoms with Gasteiger partial charge in [0, 0.05) is 30.0 Å². The van der Waals surface area contributed by atoms with E-state index in [1.807, 2.05) is 47.0 Å². The highest BCUT2D eigenvalue weighted by Crippen LogP contribution is 2.31. The molecule has 2 aliphatic heterocycles. The Morgan fingerprint density at radius 3 is 2.85 bits per heavy atom. The maximum Gasteiger partial charge on any atom is 0.405 e. The van der Waals surface area contributed by atoms with Gasteiger partial charge in [0.25, 0.3) is 0 Å². The number of nitrogens with zero attached hydrogens (tertiary/aromatic N) is 4. The molecule has 9 heteroatoms. The summed E-state index contributed by atoms with van der Waals surface area (Å²) in [6, 6.07) is 16.0. The van der Waals surface area contributed by atoms with Crippen molar-refractivity contribution in [3.05, 3.63) is 54.9 Å². The summed E-state index contributed by atoms with van der Waals surface area (Å²) in [4.78, 5) is 22.6. The van der Waals surface area contributed by atoms with Gasteiger partial charge in [-0.15, -0.1) is 0 Å². The molecule has 0 unspecified atom stereocenters. The molecule has 9 nitrogen and oxygen atoms in total. The quantitative estimate of drug-likeness (QED) is 0.455. The lowest BCUT2D eigenvalue weighted by Crippen LogP contribution is -2.59. The van der Waals surface area contributed by atoms with Gasteiger partial charge in [-0.1, -0.05) is 19.1 Å². The molecular weight excluding hydrogens is 434 g/mol. The van der Waals surface area contributed by atoms with Crippen molar-refractivity contribution in [1.29, 1.82) is 0 Å². The van der Waals surface area contributed by atoms with Crippen molar-refractivity contribution in [2.24, 2.45) is 5.41 Å². The maximum atomic E-state index is 10.9. The third-order valence-electron chi connectivity index (χ3n) is 6.49. The van der Waals surface area contributed by atoms with Crippen molar-refractivity contribution in [2.75, 3.05) is 37.8 Å². The molecule has 2 fully saturated rings. The zero-order valence-corrected chi connectivity index (χ0v) is 18.8. The molecule has 2 aromatic carbocycles. The lowest BCUT2D eigenvalue weighted by molar-refractivity contribution is -0.120. The van der Waals surface area contributed by atoms with E-state index in [9.17, 15) is 4.79 Å². The van der Waals surface area contributed by atoms with Crippen molar-refractivity contribution < 1.29 is 19.4 Å². The normalized spacial score (nSPS) is 17.4. The van der Waals surface area contributed by atoms with Crippen molar-refractivity contribution in [1.82, 2.24) is 19.9 Å². The molecule has 0 bridgehead atoms. The van der Waals surface area contributed by atoms with Gasteiger partial charge < -0.3 is 24.8 Å². The minimum Gasteiger partial charge on any atom is -0.493 e. The SMILES string of the molecule is CC1(COc2ccc3c(c2)ncn3-c2ccc3cccc(N4CC(NC(=O)O)C4)c3n2)COC1. The highest BCUT2D eigenvalue weighted by atomic mass is 16.5. The molecule has 1 amide bonds. The average molecular weight is 460 g/mol. The third kappa shape index (κ3) is 3.67. The van der Waals surface area contributed by atoms with Crippen LogP contribution in [0.2, 0.25) is 0 Å². The number of hydrogen-bond acceptors (Lipinski definition) is 6. The molecule has 2 aromatic heterocycles. The fraction of sp³-hybridized carbons (Fsp3) is 0.320. The lowest BCUT2D eigenvalue weighted by Gasteiger charge is -2.40. The number of pyridine rings is 1. The highest BCUT2D eigenvalue weighted by molar-refractivity contribution is 5.92. The van der Waals surface area contributed by atoms with Gasteiger partial charge in [-0.05, 0) is 30.3 Å². The van der Waals surface area contributed by atoms with Crippen LogP contribution in [0.1, 0.15) is 6.92 Å². The van der Waals surface area contributed by atoms with Crippen LogP contribution >= 0.6 is 0 Å². The van der Waals surface area contributed by atoms with Gasteiger partial charge in [-0.2, -0.15) is 0 Å². The van der Waals surface area contributed by atoms with Crippen molar-refractivity contribution in [3.63, 3.8) is 0 Å². The molecule has 174 valence electrons. The van der Waals surface area contributed by atoms with Crippen LogP contribution < -0.4 is 15.0 Å². The van der Waals surface area contributed by atoms with E-state index in [1.54, 1.807) is 6.33 Å². The zero-order valence-electron chi connectivity index (χ0n) is 18.8. The van der Waals surface area contributed by atoms with Gasteiger partial charge in [0.15, 0.2) is 0 Å². The van der Waals surface area contributed by atoms with E-state index in [2.05, 4.69) is 28.2 Å². The summed E-state index contributed by atoms with van der Waals surface area (Å²) in [6.45, 7) is 5.49. The number of rotatable bonds is 6. The first kappa shape index (κ1) is 20.7. The van der Waals surface area contributed by atoms with Gasteiger partial charge in [0.1, 0.15) is 17.9 Å². The molecule has 0 aliphatic carbocycles. The summed E-state index contributed by atoms with van der Waals surface area (Å²) < 4.78 is 13.3. The Morgan fingerprint density at radius 1 is 1.24 bits per heavy atom. The van der Waals surface area contributed by atoms with Crippen molar-refractivity contribution >= 4 is 33.7 Å². The number of benzene rings is 2. The summed E-state index contributed by atoms with van der Waals surface area (Å²) in [5.41, 5.74) is 3.75. The minimum atomic E-state index is -0.991. The van der Waals surface area contributed by atoms with Crippen molar-refractivity contribution in [2.45, 2.75) is 13.0 Å². The van der Waals surface area contributed by atoms with Crippen LogP contribution in [-0.4, -0.2) is 64.7 Å². The first-order chi connectivity index (χ1) is 16.5. The smallest absolute Gasteiger partial charge is 0.405 e. The van der Waals surface area contributed by atoms with Crippen LogP contribution in [0, 0.1) is 5.41 Å². The number of para-hydroxylation sites is 1. The first-order valence-electron chi connectivity index (χ1n) is 11.3. The Hall–Kier alpha value is -3.85. The minimum absolute atomic E-state index is 0.0654. The van der Waals surface area contributed by atoms with E-state index >= 15 is 0 Å². The number of carbonyl (C=O) groups is 1. The van der Waals surface area contributed by atoms with Crippen LogP contribution in [0.25, 0.3) is 27.8 Å². The van der Waals surface area contributed by atoms with Gasteiger partial charge in [-0.3, -0.25) is 4.57 Å². The number of nitrogens with one attached hydrogen (secondary N) is 1. The number of imidazole rings is 1. The molecule has 2 saturated heterocycles. The van der Waals surface area contributed by atoms with Gasteiger partial charge in [-0.25, -0.2) is 14.8 Å². The molecule has 34 heavy (non-hydrogen) atoms. The van der Waals surface area contributed by atoms with Crippen LogP contribution in [-0.2, 0) is 4.74 Å². The summed E-state index contributed by atoms with van der Waals surface area (Å²) in [6.07, 6.45) is 0.790. The Bertz CT molecular complexity index is 1390. The zero-order chi connectivity index (χ0) is 23.3. The number of amides is 1. The Balaban J connectivity index is 1.28. The van der Waals surface area contributed by atoms with Gasteiger partial charge in [0.2, 0.25) is 0 Å². The number of hydrogen-bond donors (Lipinski definition) is 2. The second-order valence-corrected chi connectivity index (χ2v) is 9.43. The molecular formula is C25H25N5O4. The van der Waals surface area contributed by atoms with E-state index in [0.29, 0.717) is 19.7 Å². The second kappa shape index (κ2) is 7.88. The van der Waals surface area contributed by atoms with Gasteiger partial charge >= 0.3 is 6.09 Å². The fourth-order valence-electron chi connectivity index (χ4n) is 4.51. The monoisotopic (exact) mass is 459 g/mol. The Labute approximate surface area is 195 Å². The number of fused-ring (bicyclic) bond motifs is 2. The van der Waals surface area contributed by atoms with E-state index in [0.717, 1.165) is 52.4 Å². The maximum absolute atomic E-state index is 10.9. The van der Waals surface area contributed by atoms with E-state index in [4.69, 9.17) is 19.6 Å². The lowest BCUT2D eigenvalue weighted by atomic mass is 9.90. The predicted molar refractivity (Wildman–Crippen MR) is 128 cm³/mol. The highest BCUT2D eigenvalue weighted by Gasteiger charge is 2.34. The molecule has 0 radical (unpaired) electrons. The standard InChI is InChI=1S/C25H25N5O4/c1-25(12-33-13-25)14-34-18-6-7-20-19(9-18)26-15-30(20)22-8-5-16-3-2-4-21(23(16)28-22)29-10-17(11-29)27-24(31)32/h2-9,15,17,27H,10-14H2,1H3,(H,31,32). The summed E-state index contributed by atoms with van der Waals surface area (Å²) >= 11 is 0. The molecule has 4 aromatic rings. The van der Waals surface area contributed by atoms with Crippen LogP contribution in [0.5, 0.6) is 5.75 Å². The molecule has 6 rings (SSSR count). The van der Waals surface area contributed by atoms with E-state index in [-0.39, 0.29) is 11.5 Å². The van der Waals surface area contributed by atoms with Crippen LogP contribution in [0.3, 0.4) is 0 Å². The number of ether oxygens (including phenoxy) is 2. The Morgan fingerprint density at radius 2 is 2.09 bits per heavy atom. The number of carboxylic acid groups (broad SMARTS) is 1. The number of anilines is 1. The second-order valence-electron chi connectivity index (χ2n) is 9.43. The molecule has 2 aliphatic rings. The van der Waals surface area contributed by atoms with Crippen LogP contribution in [0.4, 0.5) is 10.5 Å². The van der Waals surface area contributed by atoms with E-state index in [1.165, 1.54) is 0 Å². The largest absolute Gasteiger partial charge is 0.493 e. The fourth-order valence-corrected chi connectivity index (χ4v) is 4.51. The Kier molecular flexibility index (Phi) is 4.80. The topological polar surface area (TPSA) is 102 Å². The number of aromatic nitrogens is 3. The molecule has 0 saturated carbocycles. The first-order valence-corrected chi connectivity index (χ1v) is 11.3. The van der Waals surface area contributed by atoms with Crippen molar-refractivity contribution in [3.8, 4) is 11.6 Å². The molecule has 4 heterocycles. The summed E-state index contributed by atoms with van der Waals surface area (Å²) in [5, 5.41) is 12.5. The average Bonchev–Trinajstić information content (AvgIpc) is 3.21. The van der Waals surface area contributed by atoms with E-state index < -0.39 is 6.09 Å².